The van der Waals surface area contributed by atoms with E-state index in [0.717, 1.165) is 42.9 Å². The zero-order valence-electron chi connectivity index (χ0n) is 14.1. The Morgan fingerprint density at radius 1 is 0.962 bits per heavy atom. The summed E-state index contributed by atoms with van der Waals surface area (Å²) in [7, 11) is 0. The van der Waals surface area contributed by atoms with Gasteiger partial charge in [0.15, 0.2) is 11.6 Å². The standard InChI is InChI=1S/C20H18F2N4/c21-16-6-5-14(12-17(16)22)11-13-7-9-26(10-8-13)20-24-18-4-2-1-3-15(18)19(23)25-20/h1-6,11-12H,7-10H2,(H2,23,24,25). The van der Waals surface area contributed by atoms with E-state index in [2.05, 4.69) is 14.9 Å². The van der Waals surface area contributed by atoms with Crippen LogP contribution in [0.3, 0.4) is 0 Å². The van der Waals surface area contributed by atoms with Crippen molar-refractivity contribution in [1.82, 2.24) is 9.97 Å². The molecule has 2 N–H and O–H groups in total. The number of aromatic nitrogens is 2. The third-order valence-corrected chi connectivity index (χ3v) is 4.62. The van der Waals surface area contributed by atoms with E-state index in [-0.39, 0.29) is 0 Å². The summed E-state index contributed by atoms with van der Waals surface area (Å²) in [5.74, 6) is -0.536. The second-order valence-corrected chi connectivity index (χ2v) is 6.39. The van der Waals surface area contributed by atoms with Crippen LogP contribution in [0.2, 0.25) is 0 Å². The molecule has 26 heavy (non-hydrogen) atoms. The first-order valence-electron chi connectivity index (χ1n) is 8.52. The zero-order valence-corrected chi connectivity index (χ0v) is 14.1. The van der Waals surface area contributed by atoms with E-state index < -0.39 is 11.6 Å². The van der Waals surface area contributed by atoms with Gasteiger partial charge in [-0.3, -0.25) is 0 Å². The highest BCUT2D eigenvalue weighted by molar-refractivity contribution is 5.88. The molecule has 0 amide bonds. The molecular formula is C20H18F2N4. The number of para-hydroxylation sites is 1. The summed E-state index contributed by atoms with van der Waals surface area (Å²) in [6.45, 7) is 1.51. The summed E-state index contributed by atoms with van der Waals surface area (Å²) in [5, 5.41) is 0.854. The lowest BCUT2D eigenvalue weighted by atomic mass is 10.0. The van der Waals surface area contributed by atoms with Gasteiger partial charge in [0.2, 0.25) is 5.95 Å². The molecule has 1 aromatic heterocycles. The van der Waals surface area contributed by atoms with Crippen LogP contribution in [0, 0.1) is 11.6 Å². The molecule has 0 spiro atoms. The molecule has 0 saturated carbocycles. The van der Waals surface area contributed by atoms with Crippen LogP contribution in [0.4, 0.5) is 20.5 Å². The van der Waals surface area contributed by atoms with Crippen molar-refractivity contribution >= 4 is 28.7 Å². The third-order valence-electron chi connectivity index (χ3n) is 4.62. The molecule has 0 aliphatic carbocycles. The largest absolute Gasteiger partial charge is 0.383 e. The minimum absolute atomic E-state index is 0.480. The molecule has 0 unspecified atom stereocenters. The number of piperidine rings is 1. The number of nitrogen functional groups attached to an aromatic ring is 1. The van der Waals surface area contributed by atoms with Crippen molar-refractivity contribution < 1.29 is 8.78 Å². The fourth-order valence-corrected chi connectivity index (χ4v) is 3.21. The second-order valence-electron chi connectivity index (χ2n) is 6.39. The maximum Gasteiger partial charge on any atom is 0.227 e. The molecule has 3 aromatic rings. The summed E-state index contributed by atoms with van der Waals surface area (Å²) in [5.41, 5.74) is 8.77. The van der Waals surface area contributed by atoms with Gasteiger partial charge in [0.1, 0.15) is 5.82 Å². The van der Waals surface area contributed by atoms with Crippen LogP contribution in [-0.4, -0.2) is 23.1 Å². The normalized spacial score (nSPS) is 14.7. The van der Waals surface area contributed by atoms with Crippen LogP contribution in [0.25, 0.3) is 17.0 Å². The molecule has 4 rings (SSSR count). The van der Waals surface area contributed by atoms with Crippen molar-refractivity contribution in [3.05, 3.63) is 65.2 Å². The van der Waals surface area contributed by atoms with Gasteiger partial charge < -0.3 is 10.6 Å². The van der Waals surface area contributed by atoms with E-state index in [4.69, 9.17) is 5.73 Å². The highest BCUT2D eigenvalue weighted by Crippen LogP contribution is 2.26. The summed E-state index contributed by atoms with van der Waals surface area (Å²) in [4.78, 5) is 11.2. The average molecular weight is 352 g/mol. The molecular weight excluding hydrogens is 334 g/mol. The summed E-state index contributed by atoms with van der Waals surface area (Å²) in [6.07, 6.45) is 3.56. The SMILES string of the molecule is Nc1nc(N2CCC(=Cc3ccc(F)c(F)c3)CC2)nc2ccccc12. The van der Waals surface area contributed by atoms with Gasteiger partial charge in [-0.25, -0.2) is 13.8 Å². The quantitative estimate of drug-likeness (QED) is 0.752. The number of hydrogen-bond donors (Lipinski definition) is 1. The van der Waals surface area contributed by atoms with E-state index in [1.165, 1.54) is 11.6 Å². The molecule has 6 heteroatoms. The third kappa shape index (κ3) is 3.22. The summed E-state index contributed by atoms with van der Waals surface area (Å²) >= 11 is 0. The van der Waals surface area contributed by atoms with Crippen LogP contribution in [-0.2, 0) is 0 Å². The second kappa shape index (κ2) is 6.71. The number of benzene rings is 2. The van der Waals surface area contributed by atoms with Crippen molar-refractivity contribution in [3.8, 4) is 0 Å². The smallest absolute Gasteiger partial charge is 0.227 e. The number of hydrogen-bond acceptors (Lipinski definition) is 4. The molecule has 0 atom stereocenters. The van der Waals surface area contributed by atoms with E-state index >= 15 is 0 Å². The zero-order chi connectivity index (χ0) is 18.1. The number of anilines is 2. The Bertz CT molecular complexity index is 990. The minimum atomic E-state index is -0.826. The Balaban J connectivity index is 1.51. The lowest BCUT2D eigenvalue weighted by molar-refractivity contribution is 0.508. The molecule has 2 aromatic carbocycles. The van der Waals surface area contributed by atoms with Crippen molar-refractivity contribution in [2.75, 3.05) is 23.7 Å². The first kappa shape index (κ1) is 16.4. The van der Waals surface area contributed by atoms with Gasteiger partial charge in [0.05, 0.1) is 5.52 Å². The molecule has 1 saturated heterocycles. The van der Waals surface area contributed by atoms with Crippen LogP contribution < -0.4 is 10.6 Å². The Kier molecular flexibility index (Phi) is 4.24. The molecule has 1 fully saturated rings. The van der Waals surface area contributed by atoms with Crippen molar-refractivity contribution in [2.24, 2.45) is 0 Å². The van der Waals surface area contributed by atoms with Crippen LogP contribution >= 0.6 is 0 Å². The number of fused-ring (bicyclic) bond motifs is 1. The summed E-state index contributed by atoms with van der Waals surface area (Å²) in [6, 6.07) is 11.6. The Morgan fingerprint density at radius 2 is 1.73 bits per heavy atom. The first-order chi connectivity index (χ1) is 12.6. The predicted octanol–water partition coefficient (Wildman–Crippen LogP) is 4.17. The predicted molar refractivity (Wildman–Crippen MR) is 99.7 cm³/mol. The Morgan fingerprint density at radius 3 is 2.50 bits per heavy atom. The first-order valence-corrected chi connectivity index (χ1v) is 8.52. The maximum atomic E-state index is 13.3. The van der Waals surface area contributed by atoms with E-state index in [1.807, 2.05) is 30.3 Å². The lowest BCUT2D eigenvalue weighted by Gasteiger charge is -2.28. The van der Waals surface area contributed by atoms with Gasteiger partial charge in [-0.15, -0.1) is 0 Å². The van der Waals surface area contributed by atoms with Crippen LogP contribution in [0.5, 0.6) is 0 Å². The monoisotopic (exact) mass is 352 g/mol. The number of nitrogens with zero attached hydrogens (tertiary/aromatic N) is 3. The number of nitrogens with two attached hydrogens (primary N) is 1. The van der Waals surface area contributed by atoms with E-state index in [1.54, 1.807) is 6.07 Å². The highest BCUT2D eigenvalue weighted by Gasteiger charge is 2.18. The Hall–Kier alpha value is -3.02. The van der Waals surface area contributed by atoms with Gasteiger partial charge >= 0.3 is 0 Å². The molecule has 132 valence electrons. The fourth-order valence-electron chi connectivity index (χ4n) is 3.21. The number of halogens is 2. The van der Waals surface area contributed by atoms with Gasteiger partial charge in [-0.2, -0.15) is 4.98 Å². The van der Waals surface area contributed by atoms with Gasteiger partial charge in [0.25, 0.3) is 0 Å². The maximum absolute atomic E-state index is 13.3. The van der Waals surface area contributed by atoms with Gasteiger partial charge in [-0.1, -0.05) is 29.8 Å². The lowest BCUT2D eigenvalue weighted by Crippen LogP contribution is -2.32. The average Bonchev–Trinajstić information content (AvgIpc) is 2.65. The van der Waals surface area contributed by atoms with E-state index in [0.29, 0.717) is 17.3 Å². The Labute approximate surface area is 150 Å². The number of rotatable bonds is 2. The van der Waals surface area contributed by atoms with Gasteiger partial charge in [0, 0.05) is 18.5 Å². The van der Waals surface area contributed by atoms with Crippen molar-refractivity contribution in [2.45, 2.75) is 12.8 Å². The van der Waals surface area contributed by atoms with Crippen molar-refractivity contribution in [1.29, 1.82) is 0 Å². The topological polar surface area (TPSA) is 55.0 Å². The minimum Gasteiger partial charge on any atom is -0.383 e. The van der Waals surface area contributed by atoms with E-state index in [9.17, 15) is 8.78 Å². The van der Waals surface area contributed by atoms with Crippen LogP contribution in [0.15, 0.2) is 48.0 Å². The molecule has 0 bridgehead atoms. The molecule has 2 heterocycles. The molecule has 0 radical (unpaired) electrons. The highest BCUT2D eigenvalue weighted by atomic mass is 19.2. The fraction of sp³-hybridized carbons (Fsp3) is 0.200. The van der Waals surface area contributed by atoms with Crippen molar-refractivity contribution in [3.63, 3.8) is 0 Å². The molecule has 1 aliphatic rings. The van der Waals surface area contributed by atoms with Gasteiger partial charge in [-0.05, 0) is 42.7 Å². The summed E-state index contributed by atoms with van der Waals surface area (Å²) < 4.78 is 26.4. The van der Waals surface area contributed by atoms with Crippen LogP contribution in [0.1, 0.15) is 18.4 Å². The molecule has 4 nitrogen and oxygen atoms in total. The molecule has 1 aliphatic heterocycles.